The lowest BCUT2D eigenvalue weighted by molar-refractivity contribution is 0.394. The highest BCUT2D eigenvalue weighted by Crippen LogP contribution is 2.21. The van der Waals surface area contributed by atoms with Crippen LogP contribution in [0, 0.1) is 13.8 Å². The van der Waals surface area contributed by atoms with Crippen LogP contribution >= 0.6 is 0 Å². The maximum atomic E-state index is 4.95. The van der Waals surface area contributed by atoms with Crippen molar-refractivity contribution >= 4 is 5.69 Å². The summed E-state index contributed by atoms with van der Waals surface area (Å²) in [4.78, 5) is 4.19. The first-order valence-electron chi connectivity index (χ1n) is 4.79. The maximum absolute atomic E-state index is 4.95. The van der Waals surface area contributed by atoms with E-state index in [0.717, 1.165) is 11.3 Å². The third kappa shape index (κ3) is 1.98. The van der Waals surface area contributed by atoms with Crippen LogP contribution in [0.15, 0.2) is 22.7 Å². The average Bonchev–Trinajstić information content (AvgIpc) is 2.64. The second-order valence-corrected chi connectivity index (χ2v) is 3.47. The fraction of sp³-hybridized carbons (Fsp3) is 0.273. The van der Waals surface area contributed by atoms with Gasteiger partial charge in [0.15, 0.2) is 0 Å². The molecule has 0 atom stereocenters. The molecule has 0 fully saturated rings. The molecule has 0 saturated carbocycles. The van der Waals surface area contributed by atoms with E-state index in [-0.39, 0.29) is 0 Å². The van der Waals surface area contributed by atoms with Crippen LogP contribution in [0.25, 0.3) is 11.4 Å². The van der Waals surface area contributed by atoms with Gasteiger partial charge in [0.2, 0.25) is 11.7 Å². The summed E-state index contributed by atoms with van der Waals surface area (Å²) >= 11 is 0. The van der Waals surface area contributed by atoms with Gasteiger partial charge in [0.1, 0.15) is 0 Å². The first kappa shape index (κ1) is 9.71. The maximum Gasteiger partial charge on any atom is 0.223 e. The molecule has 1 heterocycles. The molecule has 1 aromatic heterocycles. The third-order valence-electron chi connectivity index (χ3n) is 2.15. The lowest BCUT2D eigenvalue weighted by Crippen LogP contribution is -1.90. The Kier molecular flexibility index (Phi) is 2.41. The Labute approximate surface area is 88.3 Å². The number of rotatable bonds is 2. The van der Waals surface area contributed by atoms with Crippen molar-refractivity contribution in [3.05, 3.63) is 29.7 Å². The van der Waals surface area contributed by atoms with Crippen LogP contribution in [0.5, 0.6) is 0 Å². The van der Waals surface area contributed by atoms with E-state index in [1.807, 2.05) is 26.1 Å². The largest absolute Gasteiger partial charge is 0.388 e. The Morgan fingerprint density at radius 3 is 2.60 bits per heavy atom. The molecule has 0 spiro atoms. The number of hydrogen-bond donors (Lipinski definition) is 1. The minimum Gasteiger partial charge on any atom is -0.388 e. The predicted octanol–water partition coefficient (Wildman–Crippen LogP) is 2.40. The second-order valence-electron chi connectivity index (χ2n) is 3.47. The number of nitrogens with one attached hydrogen (secondary N) is 1. The van der Waals surface area contributed by atoms with E-state index >= 15 is 0 Å². The molecule has 0 aliphatic heterocycles. The van der Waals surface area contributed by atoms with Gasteiger partial charge in [-0.3, -0.25) is 0 Å². The molecule has 1 aromatic carbocycles. The Bertz CT molecular complexity index is 476. The minimum atomic E-state index is 0.581. The van der Waals surface area contributed by atoms with Gasteiger partial charge in [-0.15, -0.1) is 0 Å². The number of aromatic nitrogens is 2. The summed E-state index contributed by atoms with van der Waals surface area (Å²) in [6.07, 6.45) is 0. The summed E-state index contributed by atoms with van der Waals surface area (Å²) in [5, 5.41) is 6.99. The second kappa shape index (κ2) is 3.73. The van der Waals surface area contributed by atoms with Gasteiger partial charge in [-0.25, -0.2) is 0 Å². The van der Waals surface area contributed by atoms with Crippen LogP contribution in [0.1, 0.15) is 11.5 Å². The van der Waals surface area contributed by atoms with Crippen molar-refractivity contribution in [2.45, 2.75) is 13.8 Å². The summed E-state index contributed by atoms with van der Waals surface area (Å²) in [7, 11) is 1.89. The smallest absolute Gasteiger partial charge is 0.223 e. The van der Waals surface area contributed by atoms with Gasteiger partial charge >= 0.3 is 0 Å². The molecule has 0 radical (unpaired) electrons. The molecule has 0 saturated heterocycles. The fourth-order valence-corrected chi connectivity index (χ4v) is 1.47. The van der Waals surface area contributed by atoms with Crippen molar-refractivity contribution in [1.29, 1.82) is 0 Å². The molecule has 0 bridgehead atoms. The number of anilines is 1. The number of aryl methyl sites for hydroxylation is 2. The van der Waals surface area contributed by atoms with Gasteiger partial charge in [-0.05, 0) is 30.7 Å². The monoisotopic (exact) mass is 203 g/mol. The highest BCUT2D eigenvalue weighted by Gasteiger charge is 2.06. The van der Waals surface area contributed by atoms with Crippen molar-refractivity contribution in [1.82, 2.24) is 10.1 Å². The third-order valence-corrected chi connectivity index (χ3v) is 2.15. The lowest BCUT2D eigenvalue weighted by atomic mass is 10.1. The van der Waals surface area contributed by atoms with Gasteiger partial charge in [-0.2, -0.15) is 4.98 Å². The molecule has 2 aromatic rings. The van der Waals surface area contributed by atoms with Crippen molar-refractivity contribution in [3.63, 3.8) is 0 Å². The summed E-state index contributed by atoms with van der Waals surface area (Å²) in [5.41, 5.74) is 3.18. The molecule has 15 heavy (non-hydrogen) atoms. The minimum absolute atomic E-state index is 0.581. The SMILES string of the molecule is CNc1cc(C)cc(-c2noc(C)n2)c1. The number of benzene rings is 1. The summed E-state index contributed by atoms with van der Waals surface area (Å²) in [6, 6.07) is 6.10. The molecule has 4 nitrogen and oxygen atoms in total. The fourth-order valence-electron chi connectivity index (χ4n) is 1.47. The van der Waals surface area contributed by atoms with Crippen LogP contribution in [-0.2, 0) is 0 Å². The Morgan fingerprint density at radius 2 is 2.00 bits per heavy atom. The normalized spacial score (nSPS) is 10.3. The van der Waals surface area contributed by atoms with E-state index in [1.165, 1.54) is 5.56 Å². The van der Waals surface area contributed by atoms with Crippen molar-refractivity contribution in [3.8, 4) is 11.4 Å². The summed E-state index contributed by atoms with van der Waals surface area (Å²) < 4.78 is 4.95. The number of hydrogen-bond acceptors (Lipinski definition) is 4. The zero-order valence-electron chi connectivity index (χ0n) is 9.03. The van der Waals surface area contributed by atoms with E-state index in [1.54, 1.807) is 6.92 Å². The molecule has 0 unspecified atom stereocenters. The van der Waals surface area contributed by atoms with Gasteiger partial charge in [0, 0.05) is 25.2 Å². The highest BCUT2D eigenvalue weighted by molar-refractivity contribution is 5.63. The van der Waals surface area contributed by atoms with Gasteiger partial charge < -0.3 is 9.84 Å². The van der Waals surface area contributed by atoms with Crippen molar-refractivity contribution in [2.75, 3.05) is 12.4 Å². The van der Waals surface area contributed by atoms with Gasteiger partial charge in [0.05, 0.1) is 0 Å². The van der Waals surface area contributed by atoms with Crippen LogP contribution in [0.4, 0.5) is 5.69 Å². The molecule has 2 rings (SSSR count). The van der Waals surface area contributed by atoms with Crippen LogP contribution < -0.4 is 5.32 Å². The van der Waals surface area contributed by atoms with Crippen LogP contribution in [0.2, 0.25) is 0 Å². The molecular weight excluding hydrogens is 190 g/mol. The zero-order valence-corrected chi connectivity index (χ0v) is 9.03. The quantitative estimate of drug-likeness (QED) is 0.814. The molecular formula is C11H13N3O. The predicted molar refractivity (Wildman–Crippen MR) is 58.8 cm³/mol. The van der Waals surface area contributed by atoms with Crippen molar-refractivity contribution in [2.24, 2.45) is 0 Å². The number of nitrogens with zero attached hydrogens (tertiary/aromatic N) is 2. The van der Waals surface area contributed by atoms with Crippen molar-refractivity contribution < 1.29 is 4.52 Å². The molecule has 0 amide bonds. The summed E-state index contributed by atoms with van der Waals surface area (Å²) in [5.74, 6) is 1.21. The van der Waals surface area contributed by atoms with E-state index in [9.17, 15) is 0 Å². The van der Waals surface area contributed by atoms with E-state index in [4.69, 9.17) is 4.52 Å². The average molecular weight is 203 g/mol. The van der Waals surface area contributed by atoms with Gasteiger partial charge in [0.25, 0.3) is 0 Å². The van der Waals surface area contributed by atoms with Crippen LogP contribution in [0.3, 0.4) is 0 Å². The Morgan fingerprint density at radius 1 is 1.20 bits per heavy atom. The standard InChI is InChI=1S/C11H13N3O/c1-7-4-9(6-10(5-7)12-3)11-13-8(2)15-14-11/h4-6,12H,1-3H3. The molecule has 1 N–H and O–H groups in total. The molecule has 0 aliphatic carbocycles. The first-order valence-corrected chi connectivity index (χ1v) is 4.79. The topological polar surface area (TPSA) is 51.0 Å². The highest BCUT2D eigenvalue weighted by atomic mass is 16.5. The molecule has 0 aliphatic rings. The molecule has 4 heteroatoms. The van der Waals surface area contributed by atoms with Crippen LogP contribution in [-0.4, -0.2) is 17.2 Å². The zero-order chi connectivity index (χ0) is 10.8. The summed E-state index contributed by atoms with van der Waals surface area (Å²) in [6.45, 7) is 3.82. The van der Waals surface area contributed by atoms with E-state index in [0.29, 0.717) is 11.7 Å². The van der Waals surface area contributed by atoms with E-state index in [2.05, 4.69) is 21.5 Å². The first-order chi connectivity index (χ1) is 7.19. The Hall–Kier alpha value is -1.84. The van der Waals surface area contributed by atoms with E-state index < -0.39 is 0 Å². The molecule has 78 valence electrons. The Balaban J connectivity index is 2.48. The lowest BCUT2D eigenvalue weighted by Gasteiger charge is -2.03. The van der Waals surface area contributed by atoms with Gasteiger partial charge in [-0.1, -0.05) is 5.16 Å².